The lowest BCUT2D eigenvalue weighted by molar-refractivity contribution is -0.124. The second kappa shape index (κ2) is 11.2. The monoisotopic (exact) mass is 481 g/mol. The molecule has 2 amide bonds. The predicted octanol–water partition coefficient (Wildman–Crippen LogP) is 5.47. The average molecular weight is 482 g/mol. The van der Waals surface area contributed by atoms with Crippen molar-refractivity contribution >= 4 is 41.0 Å². The van der Waals surface area contributed by atoms with Crippen molar-refractivity contribution in [1.29, 1.82) is 0 Å². The van der Waals surface area contributed by atoms with Crippen molar-refractivity contribution in [2.24, 2.45) is 0 Å². The lowest BCUT2D eigenvalue weighted by Gasteiger charge is -2.18. The molecule has 0 bridgehead atoms. The first-order valence-corrected chi connectivity index (χ1v) is 11.5. The van der Waals surface area contributed by atoms with E-state index in [0.717, 1.165) is 33.2 Å². The van der Waals surface area contributed by atoms with E-state index in [4.69, 9.17) is 4.74 Å². The molecule has 2 heterocycles. The van der Waals surface area contributed by atoms with Crippen LogP contribution in [0.25, 0.3) is 17.0 Å². The van der Waals surface area contributed by atoms with Gasteiger partial charge in [0.15, 0.2) is 6.29 Å². The molecule has 4 aromatic rings. The Balaban J connectivity index is 0.000000286. The topological polar surface area (TPSA) is 82.7 Å². The minimum atomic E-state index is -0.643. The minimum Gasteiger partial charge on any atom is -0.446 e. The van der Waals surface area contributed by atoms with E-state index in [1.54, 1.807) is 12.1 Å². The maximum absolute atomic E-state index is 12.6. The molecule has 182 valence electrons. The summed E-state index contributed by atoms with van der Waals surface area (Å²) in [6, 6.07) is 26.4. The number of hydrogen-bond acceptors (Lipinski definition) is 5. The van der Waals surface area contributed by atoms with E-state index in [1.807, 2.05) is 80.8 Å². The summed E-state index contributed by atoms with van der Waals surface area (Å²) in [7, 11) is 4.07. The van der Waals surface area contributed by atoms with Gasteiger partial charge in [-0.15, -0.1) is 0 Å². The van der Waals surface area contributed by atoms with Crippen molar-refractivity contribution in [3.63, 3.8) is 0 Å². The van der Waals surface area contributed by atoms with E-state index in [1.165, 1.54) is 11.8 Å². The van der Waals surface area contributed by atoms with E-state index < -0.39 is 18.0 Å². The number of cyclic esters (lactones) is 1. The number of para-hydroxylation sites is 1. The van der Waals surface area contributed by atoms with Crippen LogP contribution in [0.2, 0.25) is 0 Å². The number of carbonyl (C=O) groups excluding carboxylic acids is 3. The molecular formula is C29H27N3O4. The molecule has 0 spiro atoms. The third-order valence-electron chi connectivity index (χ3n) is 5.78. The molecule has 7 nitrogen and oxygen atoms in total. The summed E-state index contributed by atoms with van der Waals surface area (Å²) in [4.78, 5) is 41.7. The Labute approximate surface area is 209 Å². The molecule has 3 aromatic carbocycles. The molecule has 1 saturated heterocycles. The molecule has 0 saturated carbocycles. The quantitative estimate of drug-likeness (QED) is 0.302. The molecule has 1 aliphatic rings. The van der Waals surface area contributed by atoms with Crippen LogP contribution >= 0.6 is 0 Å². The van der Waals surface area contributed by atoms with Crippen molar-refractivity contribution in [2.45, 2.75) is 6.04 Å². The number of ether oxygens (including phenoxy) is 1. The SMILES string of the molecule is CN(C)c1ccccc1.O=Cc1cc2cc(/C=C/C(=O)N3C(=O)OCC3c3ccccc3)ccc2[nH]1. The standard InChI is InChI=1S/C21H16N2O4.C8H11N/c24-12-17-11-16-10-14(6-8-18(16)22-17)7-9-20(25)23-19(13-27-21(23)26)15-4-2-1-3-5-15;1-9(2)8-6-4-3-5-7-8/h1-12,19,22H,13H2;3-7H,1-2H3/b9-7+;. The van der Waals surface area contributed by atoms with Gasteiger partial charge in [0.2, 0.25) is 0 Å². The summed E-state index contributed by atoms with van der Waals surface area (Å²) < 4.78 is 5.07. The summed E-state index contributed by atoms with van der Waals surface area (Å²) >= 11 is 0. The van der Waals surface area contributed by atoms with Crippen molar-refractivity contribution < 1.29 is 19.1 Å². The highest BCUT2D eigenvalue weighted by Gasteiger charge is 2.37. The number of fused-ring (bicyclic) bond motifs is 1. The van der Waals surface area contributed by atoms with Gasteiger partial charge in [0.25, 0.3) is 5.91 Å². The number of benzene rings is 3. The molecule has 1 N–H and O–H groups in total. The van der Waals surface area contributed by atoms with Gasteiger partial charge in [-0.1, -0.05) is 54.6 Å². The van der Waals surface area contributed by atoms with E-state index in [-0.39, 0.29) is 6.61 Å². The second-order valence-electron chi connectivity index (χ2n) is 8.46. The summed E-state index contributed by atoms with van der Waals surface area (Å²) in [5, 5.41) is 0.870. The number of carbonyl (C=O) groups is 3. The van der Waals surface area contributed by atoms with Gasteiger partial charge in [0.1, 0.15) is 12.6 Å². The molecular weight excluding hydrogens is 454 g/mol. The number of amides is 2. The second-order valence-corrected chi connectivity index (χ2v) is 8.46. The van der Waals surface area contributed by atoms with Crippen LogP contribution in [0.15, 0.2) is 91.0 Å². The largest absolute Gasteiger partial charge is 0.446 e. The van der Waals surface area contributed by atoms with Crippen molar-refractivity contribution in [3.05, 3.63) is 108 Å². The lowest BCUT2D eigenvalue weighted by Crippen LogP contribution is -2.32. The highest BCUT2D eigenvalue weighted by Crippen LogP contribution is 2.28. The first-order chi connectivity index (χ1) is 17.5. The van der Waals surface area contributed by atoms with Gasteiger partial charge in [0, 0.05) is 36.8 Å². The average Bonchev–Trinajstić information content (AvgIpc) is 3.51. The number of imide groups is 1. The van der Waals surface area contributed by atoms with E-state index >= 15 is 0 Å². The Bertz CT molecular complexity index is 1380. The fourth-order valence-corrected chi connectivity index (χ4v) is 3.90. The Kier molecular flexibility index (Phi) is 7.60. The molecule has 1 aromatic heterocycles. The van der Waals surface area contributed by atoms with Gasteiger partial charge >= 0.3 is 6.09 Å². The Hall–Kier alpha value is -4.65. The molecule has 1 unspecified atom stereocenters. The third kappa shape index (κ3) is 5.70. The van der Waals surface area contributed by atoms with Gasteiger partial charge < -0.3 is 14.6 Å². The number of aldehydes is 1. The Morgan fingerprint density at radius 2 is 1.69 bits per heavy atom. The Morgan fingerprint density at radius 1 is 1.00 bits per heavy atom. The number of aromatic nitrogens is 1. The first-order valence-electron chi connectivity index (χ1n) is 11.5. The normalized spacial score (nSPS) is 14.9. The molecule has 36 heavy (non-hydrogen) atoms. The zero-order chi connectivity index (χ0) is 25.5. The fourth-order valence-electron chi connectivity index (χ4n) is 3.90. The molecule has 1 aliphatic heterocycles. The van der Waals surface area contributed by atoms with Gasteiger partial charge in [-0.25, -0.2) is 9.69 Å². The zero-order valence-corrected chi connectivity index (χ0v) is 20.1. The molecule has 1 fully saturated rings. The number of nitrogens with one attached hydrogen (secondary N) is 1. The molecule has 0 radical (unpaired) electrons. The van der Waals surface area contributed by atoms with Crippen LogP contribution in [-0.2, 0) is 9.53 Å². The van der Waals surface area contributed by atoms with Gasteiger partial charge in [-0.3, -0.25) is 9.59 Å². The van der Waals surface area contributed by atoms with Gasteiger partial charge in [0.05, 0.1) is 5.69 Å². The van der Waals surface area contributed by atoms with Crippen molar-refractivity contribution in [2.75, 3.05) is 25.6 Å². The smallest absolute Gasteiger partial charge is 0.417 e. The van der Waals surface area contributed by atoms with Crippen LogP contribution < -0.4 is 4.90 Å². The Morgan fingerprint density at radius 3 is 2.33 bits per heavy atom. The number of anilines is 1. The van der Waals surface area contributed by atoms with Crippen LogP contribution in [-0.4, -0.2) is 48.9 Å². The first kappa shape index (κ1) is 24.5. The molecule has 7 heteroatoms. The summed E-state index contributed by atoms with van der Waals surface area (Å²) in [5.41, 5.74) is 4.22. The predicted molar refractivity (Wildman–Crippen MR) is 141 cm³/mol. The minimum absolute atomic E-state index is 0.145. The summed E-state index contributed by atoms with van der Waals surface area (Å²) in [6.07, 6.45) is 3.11. The summed E-state index contributed by atoms with van der Waals surface area (Å²) in [5.74, 6) is -0.436. The summed E-state index contributed by atoms with van der Waals surface area (Å²) in [6.45, 7) is 0.145. The van der Waals surface area contributed by atoms with Crippen molar-refractivity contribution in [3.8, 4) is 0 Å². The fraction of sp³-hybridized carbons (Fsp3) is 0.138. The van der Waals surface area contributed by atoms with E-state index in [0.29, 0.717) is 5.69 Å². The maximum atomic E-state index is 12.6. The van der Waals surface area contributed by atoms with Gasteiger partial charge in [-0.05, 0) is 47.5 Å². The van der Waals surface area contributed by atoms with E-state index in [9.17, 15) is 14.4 Å². The van der Waals surface area contributed by atoms with E-state index in [2.05, 4.69) is 22.0 Å². The number of hydrogen-bond donors (Lipinski definition) is 1. The van der Waals surface area contributed by atoms with Crippen LogP contribution in [0.3, 0.4) is 0 Å². The molecule has 0 aliphatic carbocycles. The zero-order valence-electron chi connectivity index (χ0n) is 20.1. The number of rotatable bonds is 5. The number of aromatic amines is 1. The maximum Gasteiger partial charge on any atom is 0.417 e. The molecule has 5 rings (SSSR count). The number of nitrogens with zero attached hydrogens (tertiary/aromatic N) is 2. The third-order valence-corrected chi connectivity index (χ3v) is 5.78. The number of H-pyrrole nitrogens is 1. The van der Waals surface area contributed by atoms with Crippen molar-refractivity contribution in [1.82, 2.24) is 9.88 Å². The highest BCUT2D eigenvalue weighted by molar-refractivity contribution is 6.02. The molecule has 1 atom stereocenters. The van der Waals surface area contributed by atoms with Crippen LogP contribution in [0, 0.1) is 0 Å². The van der Waals surface area contributed by atoms with Crippen LogP contribution in [0.1, 0.15) is 27.7 Å². The lowest BCUT2D eigenvalue weighted by atomic mass is 10.1. The highest BCUT2D eigenvalue weighted by atomic mass is 16.6. The van der Waals surface area contributed by atoms with Gasteiger partial charge in [-0.2, -0.15) is 0 Å². The van der Waals surface area contributed by atoms with Crippen LogP contribution in [0.4, 0.5) is 10.5 Å². The van der Waals surface area contributed by atoms with Crippen LogP contribution in [0.5, 0.6) is 0 Å².